The Morgan fingerprint density at radius 2 is 1.77 bits per heavy atom. The van der Waals surface area contributed by atoms with Crippen LogP contribution < -0.4 is 5.56 Å². The van der Waals surface area contributed by atoms with Crippen LogP contribution in [-0.4, -0.2) is 89.7 Å². The lowest BCUT2D eigenvalue weighted by Crippen LogP contribution is -2.45. The lowest BCUT2D eigenvalue weighted by molar-refractivity contribution is -0.150. The first kappa shape index (κ1) is 27.5. The number of carbonyl (C=O) groups is 4. The Morgan fingerprint density at radius 1 is 1.17 bits per heavy atom. The van der Waals surface area contributed by atoms with E-state index < -0.39 is 5.41 Å². The second-order valence-corrected chi connectivity index (χ2v) is 8.87. The highest BCUT2D eigenvalue weighted by molar-refractivity contribution is 6.06. The quantitative estimate of drug-likeness (QED) is 0.427. The first-order valence-corrected chi connectivity index (χ1v) is 11.0. The maximum absolute atomic E-state index is 13.2. The van der Waals surface area contributed by atoms with Crippen LogP contribution in [0.15, 0.2) is 29.1 Å². The van der Waals surface area contributed by atoms with Crippen molar-refractivity contribution in [3.63, 3.8) is 0 Å². The zero-order chi connectivity index (χ0) is 26.2. The average molecular weight is 490 g/mol. The van der Waals surface area contributed by atoms with Gasteiger partial charge >= 0.3 is 5.97 Å². The van der Waals surface area contributed by atoms with Crippen LogP contribution in [0.2, 0.25) is 0 Å². The molecule has 3 heterocycles. The maximum Gasteiger partial charge on any atom is 0.312 e. The molecule has 190 valence electrons. The van der Waals surface area contributed by atoms with Crippen LogP contribution in [0.3, 0.4) is 0 Å². The zero-order valence-electron chi connectivity index (χ0n) is 20.0. The number of hydrogen-bond acceptors (Lipinski definition) is 7. The molecule has 1 atom stereocenters. The van der Waals surface area contributed by atoms with Crippen molar-refractivity contribution < 1.29 is 34.1 Å². The number of amides is 1. The van der Waals surface area contributed by atoms with E-state index in [4.69, 9.17) is 24.5 Å². The number of piperidine rings is 1. The predicted molar refractivity (Wildman–Crippen MR) is 127 cm³/mol. The summed E-state index contributed by atoms with van der Waals surface area (Å²) in [6.45, 7) is 3.15. The van der Waals surface area contributed by atoms with E-state index in [1.54, 1.807) is 4.90 Å². The SMILES string of the molecule is Cc1ccc2[nH]c(=O)cc(C(=O)N3CCC4(CC3)CC(CN(C)C)OC4=O)c2c1.O=CO.O=CO. The van der Waals surface area contributed by atoms with E-state index in [9.17, 15) is 14.4 Å². The van der Waals surface area contributed by atoms with Gasteiger partial charge in [0, 0.05) is 43.0 Å². The minimum atomic E-state index is -0.482. The molecule has 2 aliphatic heterocycles. The number of nitrogens with zero attached hydrogens (tertiary/aromatic N) is 2. The van der Waals surface area contributed by atoms with Gasteiger partial charge in [0.1, 0.15) is 6.10 Å². The van der Waals surface area contributed by atoms with Crippen LogP contribution in [0, 0.1) is 12.3 Å². The number of likely N-dealkylation sites (tertiary alicyclic amines) is 1. The number of rotatable bonds is 3. The van der Waals surface area contributed by atoms with Gasteiger partial charge in [0.15, 0.2) is 0 Å². The molecule has 2 fully saturated rings. The normalized spacial score (nSPS) is 18.2. The van der Waals surface area contributed by atoms with Crippen LogP contribution in [0.25, 0.3) is 10.9 Å². The van der Waals surface area contributed by atoms with Gasteiger partial charge < -0.3 is 29.7 Å². The number of hydrogen-bond donors (Lipinski definition) is 3. The van der Waals surface area contributed by atoms with E-state index in [0.717, 1.165) is 10.9 Å². The number of fused-ring (bicyclic) bond motifs is 1. The van der Waals surface area contributed by atoms with Crippen molar-refractivity contribution in [3.8, 4) is 0 Å². The van der Waals surface area contributed by atoms with Gasteiger partial charge in [0.05, 0.1) is 11.0 Å². The van der Waals surface area contributed by atoms with Gasteiger partial charge in [-0.3, -0.25) is 24.0 Å². The number of ether oxygens (including phenoxy) is 1. The molecule has 3 N–H and O–H groups in total. The Kier molecular flexibility index (Phi) is 9.52. The third kappa shape index (κ3) is 6.66. The molecule has 2 saturated heterocycles. The number of aryl methyl sites for hydroxylation is 1. The standard InChI is InChI=1S/C22H27N3O4.2CH2O2/c1-14-4-5-18-16(10-14)17(11-19(26)23-18)20(27)25-8-6-22(7-9-25)12-15(13-24(2)3)29-21(22)28;2*2-1-3/h4-5,10-11,15H,6-9,12-13H2,1-3H3,(H,23,26);2*1H,(H,2,3). The highest BCUT2D eigenvalue weighted by Crippen LogP contribution is 2.43. The minimum absolute atomic E-state index is 0.0839. The zero-order valence-corrected chi connectivity index (χ0v) is 20.0. The molecule has 0 bridgehead atoms. The summed E-state index contributed by atoms with van der Waals surface area (Å²) in [5.74, 6) is -0.286. The van der Waals surface area contributed by atoms with Crippen LogP contribution in [0.4, 0.5) is 0 Å². The first-order chi connectivity index (χ1) is 16.6. The van der Waals surface area contributed by atoms with Gasteiger partial charge in [-0.05, 0) is 46.0 Å². The summed E-state index contributed by atoms with van der Waals surface area (Å²) in [7, 11) is 3.93. The molecular weight excluding hydrogens is 458 g/mol. The molecule has 2 aromatic rings. The van der Waals surface area contributed by atoms with E-state index in [1.165, 1.54) is 6.07 Å². The number of carbonyl (C=O) groups excluding carboxylic acids is 2. The molecule has 1 unspecified atom stereocenters. The van der Waals surface area contributed by atoms with Crippen LogP contribution in [0.5, 0.6) is 0 Å². The number of pyridine rings is 1. The summed E-state index contributed by atoms with van der Waals surface area (Å²) in [5.41, 5.74) is 1.33. The van der Waals surface area contributed by atoms with Gasteiger partial charge in [0.2, 0.25) is 5.56 Å². The molecule has 1 amide bonds. The fraction of sp³-hybridized carbons (Fsp3) is 0.458. The van der Waals surface area contributed by atoms with Crippen molar-refractivity contribution in [3.05, 3.63) is 45.7 Å². The molecule has 2 aliphatic rings. The third-order valence-corrected chi connectivity index (χ3v) is 6.13. The Bertz CT molecular complexity index is 1110. The van der Waals surface area contributed by atoms with Crippen LogP contribution in [0.1, 0.15) is 35.2 Å². The first-order valence-electron chi connectivity index (χ1n) is 11.0. The predicted octanol–water partition coefficient (Wildman–Crippen LogP) is 1.34. The number of cyclic esters (lactones) is 1. The molecule has 11 heteroatoms. The van der Waals surface area contributed by atoms with E-state index in [2.05, 4.69) is 4.98 Å². The number of aromatic amines is 1. The molecule has 0 radical (unpaired) electrons. The summed E-state index contributed by atoms with van der Waals surface area (Å²) in [6, 6.07) is 7.04. The summed E-state index contributed by atoms with van der Waals surface area (Å²) >= 11 is 0. The van der Waals surface area contributed by atoms with Crippen LogP contribution in [-0.2, 0) is 19.1 Å². The van der Waals surface area contributed by atoms with E-state index in [0.29, 0.717) is 50.0 Å². The Balaban J connectivity index is 0.000000655. The monoisotopic (exact) mass is 489 g/mol. The largest absolute Gasteiger partial charge is 0.483 e. The Labute approximate surface area is 202 Å². The van der Waals surface area contributed by atoms with Crippen molar-refractivity contribution >= 4 is 35.7 Å². The van der Waals surface area contributed by atoms with Crippen molar-refractivity contribution in [2.45, 2.75) is 32.3 Å². The molecular formula is C24H31N3O8. The van der Waals surface area contributed by atoms with Gasteiger partial charge in [-0.2, -0.15) is 0 Å². The molecule has 1 aromatic heterocycles. The number of carboxylic acid groups (broad SMARTS) is 2. The Morgan fingerprint density at radius 3 is 2.34 bits per heavy atom. The van der Waals surface area contributed by atoms with Crippen molar-refractivity contribution in [1.82, 2.24) is 14.8 Å². The fourth-order valence-corrected chi connectivity index (χ4v) is 4.61. The lowest BCUT2D eigenvalue weighted by Gasteiger charge is -2.36. The van der Waals surface area contributed by atoms with Crippen molar-refractivity contribution in [2.75, 3.05) is 33.7 Å². The van der Waals surface area contributed by atoms with E-state index in [-0.39, 0.29) is 36.5 Å². The summed E-state index contributed by atoms with van der Waals surface area (Å²) in [5, 5.41) is 14.5. The number of benzene rings is 1. The van der Waals surface area contributed by atoms with Crippen molar-refractivity contribution in [2.24, 2.45) is 5.41 Å². The molecule has 35 heavy (non-hydrogen) atoms. The number of likely N-dealkylation sites (N-methyl/N-ethyl adjacent to an activating group) is 1. The second-order valence-electron chi connectivity index (χ2n) is 8.87. The number of aromatic nitrogens is 1. The number of esters is 1. The smallest absolute Gasteiger partial charge is 0.312 e. The summed E-state index contributed by atoms with van der Waals surface area (Å²) in [6.07, 6.45) is 1.82. The summed E-state index contributed by atoms with van der Waals surface area (Å²) < 4.78 is 5.60. The maximum atomic E-state index is 13.2. The average Bonchev–Trinajstić information content (AvgIpc) is 3.08. The fourth-order valence-electron chi connectivity index (χ4n) is 4.61. The third-order valence-electron chi connectivity index (χ3n) is 6.13. The Hall–Kier alpha value is -3.73. The summed E-state index contributed by atoms with van der Waals surface area (Å²) in [4.78, 5) is 61.1. The van der Waals surface area contributed by atoms with Gasteiger partial charge in [-0.25, -0.2) is 0 Å². The van der Waals surface area contributed by atoms with Crippen LogP contribution >= 0.6 is 0 Å². The highest BCUT2D eigenvalue weighted by atomic mass is 16.6. The topological polar surface area (TPSA) is 157 Å². The van der Waals surface area contributed by atoms with Gasteiger partial charge in [-0.15, -0.1) is 0 Å². The molecule has 1 spiro atoms. The van der Waals surface area contributed by atoms with E-state index in [1.807, 2.05) is 44.1 Å². The second kappa shape index (κ2) is 12.1. The lowest BCUT2D eigenvalue weighted by atomic mass is 9.76. The van der Waals surface area contributed by atoms with E-state index >= 15 is 0 Å². The van der Waals surface area contributed by atoms with Crippen molar-refractivity contribution in [1.29, 1.82) is 0 Å². The minimum Gasteiger partial charge on any atom is -0.483 e. The molecule has 4 rings (SSSR count). The highest BCUT2D eigenvalue weighted by Gasteiger charge is 2.50. The molecule has 11 nitrogen and oxygen atoms in total. The molecule has 0 aliphatic carbocycles. The number of nitrogens with one attached hydrogen (secondary N) is 1. The van der Waals surface area contributed by atoms with Gasteiger partial charge in [-0.1, -0.05) is 11.6 Å². The van der Waals surface area contributed by atoms with Gasteiger partial charge in [0.25, 0.3) is 18.9 Å². The molecule has 0 saturated carbocycles. The number of H-pyrrole nitrogens is 1. The molecule has 1 aromatic carbocycles.